The van der Waals surface area contributed by atoms with Crippen molar-refractivity contribution in [3.63, 3.8) is 0 Å². The lowest BCUT2D eigenvalue weighted by molar-refractivity contribution is 0.190. The third kappa shape index (κ3) is 5.28. The Morgan fingerprint density at radius 1 is 1.24 bits per heavy atom. The van der Waals surface area contributed by atoms with Crippen molar-refractivity contribution in [2.45, 2.75) is 58.2 Å². The number of halogens is 1. The van der Waals surface area contributed by atoms with Crippen molar-refractivity contribution >= 4 is 12.4 Å². The predicted molar refractivity (Wildman–Crippen MR) is 88.8 cm³/mol. The highest BCUT2D eigenvalue weighted by molar-refractivity contribution is 5.85. The minimum Gasteiger partial charge on any atom is -0.314 e. The number of hydrogen-bond donors (Lipinski definition) is 1. The van der Waals surface area contributed by atoms with Crippen molar-refractivity contribution in [1.82, 2.24) is 20.0 Å². The number of aryl methyl sites for hydroxylation is 1. The molecule has 0 bridgehead atoms. The van der Waals surface area contributed by atoms with E-state index in [1.54, 1.807) is 0 Å². The van der Waals surface area contributed by atoms with Crippen LogP contribution in [-0.2, 0) is 13.1 Å². The molecule has 1 saturated heterocycles. The van der Waals surface area contributed by atoms with Gasteiger partial charge >= 0.3 is 0 Å². The van der Waals surface area contributed by atoms with Crippen LogP contribution >= 0.6 is 12.4 Å². The van der Waals surface area contributed by atoms with Gasteiger partial charge in [0.1, 0.15) is 0 Å². The normalized spacial score (nSPS) is 20.4. The standard InChI is InChI=1S/C16H28N4.ClH/c1-2-7-20-13-15(11-18-20)12-19-8-5-16(6-9-19)17-10-14-3-4-14;/h11,13-14,16-17H,2-10,12H2,1H3;1H. The van der Waals surface area contributed by atoms with Crippen molar-refractivity contribution in [2.24, 2.45) is 5.92 Å². The van der Waals surface area contributed by atoms with Crippen molar-refractivity contribution in [3.05, 3.63) is 18.0 Å². The lowest BCUT2D eigenvalue weighted by Gasteiger charge is -2.32. The summed E-state index contributed by atoms with van der Waals surface area (Å²) in [5.41, 5.74) is 1.36. The van der Waals surface area contributed by atoms with E-state index in [1.165, 1.54) is 50.9 Å². The van der Waals surface area contributed by atoms with Gasteiger partial charge in [0.2, 0.25) is 0 Å². The summed E-state index contributed by atoms with van der Waals surface area (Å²) < 4.78 is 2.07. The van der Waals surface area contributed by atoms with Crippen molar-refractivity contribution < 1.29 is 0 Å². The lowest BCUT2D eigenvalue weighted by atomic mass is 10.0. The van der Waals surface area contributed by atoms with Gasteiger partial charge in [-0.1, -0.05) is 6.92 Å². The van der Waals surface area contributed by atoms with Gasteiger partial charge in [0, 0.05) is 30.9 Å². The summed E-state index contributed by atoms with van der Waals surface area (Å²) >= 11 is 0. The van der Waals surface area contributed by atoms with Crippen LogP contribution in [-0.4, -0.2) is 40.4 Å². The van der Waals surface area contributed by atoms with Gasteiger partial charge in [0.15, 0.2) is 0 Å². The Balaban J connectivity index is 0.00000161. The maximum atomic E-state index is 4.42. The largest absolute Gasteiger partial charge is 0.314 e. The third-order valence-corrected chi connectivity index (χ3v) is 4.53. The number of nitrogens with one attached hydrogen (secondary N) is 1. The highest BCUT2D eigenvalue weighted by atomic mass is 35.5. The molecule has 5 heteroatoms. The van der Waals surface area contributed by atoms with E-state index >= 15 is 0 Å². The average Bonchev–Trinajstić information content (AvgIpc) is 3.19. The first kappa shape index (κ1) is 16.8. The number of nitrogens with zero attached hydrogens (tertiary/aromatic N) is 3. The average molecular weight is 313 g/mol. The number of aromatic nitrogens is 2. The summed E-state index contributed by atoms with van der Waals surface area (Å²) in [4.78, 5) is 2.57. The molecule has 3 rings (SSSR count). The molecule has 4 nitrogen and oxygen atoms in total. The van der Waals surface area contributed by atoms with Gasteiger partial charge in [-0.05, 0) is 57.7 Å². The monoisotopic (exact) mass is 312 g/mol. The Kier molecular flexibility index (Phi) is 6.52. The van der Waals surface area contributed by atoms with Crippen LogP contribution in [0.4, 0.5) is 0 Å². The smallest absolute Gasteiger partial charge is 0.0534 e. The zero-order valence-electron chi connectivity index (χ0n) is 13.1. The van der Waals surface area contributed by atoms with Crippen LogP contribution in [0.2, 0.25) is 0 Å². The van der Waals surface area contributed by atoms with Gasteiger partial charge in [0.05, 0.1) is 6.20 Å². The van der Waals surface area contributed by atoms with Crippen LogP contribution in [0.15, 0.2) is 12.4 Å². The van der Waals surface area contributed by atoms with Crippen molar-refractivity contribution in [2.75, 3.05) is 19.6 Å². The van der Waals surface area contributed by atoms with E-state index in [-0.39, 0.29) is 12.4 Å². The molecule has 2 aliphatic rings. The van der Waals surface area contributed by atoms with Gasteiger partial charge in [-0.2, -0.15) is 5.10 Å². The first-order valence-electron chi connectivity index (χ1n) is 8.30. The van der Waals surface area contributed by atoms with E-state index in [0.717, 1.165) is 31.5 Å². The Morgan fingerprint density at radius 3 is 2.67 bits per heavy atom. The molecule has 2 fully saturated rings. The van der Waals surface area contributed by atoms with E-state index in [2.05, 4.69) is 33.1 Å². The summed E-state index contributed by atoms with van der Waals surface area (Å²) in [6.45, 7) is 8.00. The summed E-state index contributed by atoms with van der Waals surface area (Å²) in [6, 6.07) is 0.759. The second-order valence-corrected chi connectivity index (χ2v) is 6.51. The van der Waals surface area contributed by atoms with E-state index < -0.39 is 0 Å². The summed E-state index contributed by atoms with van der Waals surface area (Å²) in [5, 5.41) is 8.17. The zero-order chi connectivity index (χ0) is 13.8. The van der Waals surface area contributed by atoms with Crippen LogP contribution in [0.3, 0.4) is 0 Å². The number of hydrogen-bond acceptors (Lipinski definition) is 3. The molecule has 1 aromatic rings. The molecule has 0 amide bonds. The first-order chi connectivity index (χ1) is 9.83. The highest BCUT2D eigenvalue weighted by Gasteiger charge is 2.24. The highest BCUT2D eigenvalue weighted by Crippen LogP contribution is 2.28. The zero-order valence-corrected chi connectivity index (χ0v) is 13.9. The fourth-order valence-corrected chi connectivity index (χ4v) is 3.05. The van der Waals surface area contributed by atoms with E-state index in [0.29, 0.717) is 0 Å². The van der Waals surface area contributed by atoms with Gasteiger partial charge in [-0.3, -0.25) is 9.58 Å². The van der Waals surface area contributed by atoms with Gasteiger partial charge in [-0.15, -0.1) is 12.4 Å². The third-order valence-electron chi connectivity index (χ3n) is 4.53. The van der Waals surface area contributed by atoms with E-state index in [1.807, 2.05) is 6.20 Å². The molecule has 1 aliphatic heterocycles. The van der Waals surface area contributed by atoms with Crippen LogP contribution in [0.25, 0.3) is 0 Å². The van der Waals surface area contributed by atoms with Crippen molar-refractivity contribution in [3.8, 4) is 0 Å². The molecule has 0 aromatic carbocycles. The molecule has 1 aliphatic carbocycles. The minimum atomic E-state index is 0. The second kappa shape index (κ2) is 8.16. The fourth-order valence-electron chi connectivity index (χ4n) is 3.05. The SMILES string of the molecule is CCCn1cc(CN2CCC(NCC3CC3)CC2)cn1.Cl. The summed E-state index contributed by atoms with van der Waals surface area (Å²) in [6.07, 6.45) is 10.9. The fraction of sp³-hybridized carbons (Fsp3) is 0.812. The Morgan fingerprint density at radius 2 is 2.00 bits per heavy atom. The number of likely N-dealkylation sites (tertiary alicyclic amines) is 1. The molecule has 1 saturated carbocycles. The molecule has 1 N–H and O–H groups in total. The predicted octanol–water partition coefficient (Wildman–Crippen LogP) is 2.68. The summed E-state index contributed by atoms with van der Waals surface area (Å²) in [7, 11) is 0. The molecule has 0 atom stereocenters. The molecular weight excluding hydrogens is 284 g/mol. The number of piperidine rings is 1. The Labute approximate surface area is 134 Å². The molecule has 120 valence electrons. The number of rotatable bonds is 7. The second-order valence-electron chi connectivity index (χ2n) is 6.51. The van der Waals surface area contributed by atoms with Crippen LogP contribution < -0.4 is 5.32 Å². The Bertz CT molecular complexity index is 408. The molecular formula is C16H29ClN4. The molecule has 21 heavy (non-hydrogen) atoms. The molecule has 1 aromatic heterocycles. The maximum absolute atomic E-state index is 4.42. The van der Waals surface area contributed by atoms with E-state index in [4.69, 9.17) is 0 Å². The lowest BCUT2D eigenvalue weighted by Crippen LogP contribution is -2.42. The molecule has 0 unspecified atom stereocenters. The maximum Gasteiger partial charge on any atom is 0.0534 e. The van der Waals surface area contributed by atoms with Crippen LogP contribution in [0.5, 0.6) is 0 Å². The topological polar surface area (TPSA) is 33.1 Å². The minimum absolute atomic E-state index is 0. The van der Waals surface area contributed by atoms with Crippen LogP contribution in [0, 0.1) is 5.92 Å². The van der Waals surface area contributed by atoms with Crippen LogP contribution in [0.1, 0.15) is 44.6 Å². The Hall–Kier alpha value is -0.580. The van der Waals surface area contributed by atoms with E-state index in [9.17, 15) is 0 Å². The molecule has 2 heterocycles. The summed E-state index contributed by atoms with van der Waals surface area (Å²) in [5.74, 6) is 0.998. The van der Waals surface area contributed by atoms with Gasteiger partial charge < -0.3 is 5.32 Å². The van der Waals surface area contributed by atoms with Crippen molar-refractivity contribution in [1.29, 1.82) is 0 Å². The van der Waals surface area contributed by atoms with Gasteiger partial charge in [0.25, 0.3) is 0 Å². The quantitative estimate of drug-likeness (QED) is 0.840. The molecule has 0 radical (unpaired) electrons. The molecule has 0 spiro atoms. The first-order valence-corrected chi connectivity index (χ1v) is 8.30. The van der Waals surface area contributed by atoms with Gasteiger partial charge in [-0.25, -0.2) is 0 Å².